The monoisotopic (exact) mass is 504 g/mol. The maximum Gasteiger partial charge on any atom is 0.294 e. The Labute approximate surface area is 226 Å². The minimum Gasteiger partial charge on any atom is -0.309 e. The van der Waals surface area contributed by atoms with E-state index in [1.165, 1.54) is 44.9 Å². The van der Waals surface area contributed by atoms with Gasteiger partial charge in [-0.1, -0.05) is 30.3 Å². The first-order chi connectivity index (χ1) is 19.2. The average Bonchev–Trinajstić information content (AvgIpc) is 3.63. The molecule has 3 aromatic carbocycles. The zero-order valence-corrected chi connectivity index (χ0v) is 21.8. The number of hydrogen-bond donors (Lipinski definition) is 0. The van der Waals surface area contributed by atoms with Crippen molar-refractivity contribution in [3.8, 4) is 33.9 Å². The summed E-state index contributed by atoms with van der Waals surface area (Å²) in [5.74, 6) is 1.25. The molecule has 1 aliphatic rings. The van der Waals surface area contributed by atoms with E-state index in [0.717, 1.165) is 34.0 Å². The number of benzene rings is 3. The summed E-state index contributed by atoms with van der Waals surface area (Å²) >= 11 is 0. The maximum absolute atomic E-state index is 4.37. The molecular weight excluding hydrogens is 478 g/mol. The number of aryl methyl sites for hydroxylation is 2. The van der Waals surface area contributed by atoms with E-state index in [-0.39, 0.29) is 0 Å². The fraction of sp³-hybridized carbons (Fsp3) is 0.0882. The second-order valence-corrected chi connectivity index (χ2v) is 10.4. The Bertz CT molecular complexity index is 2000. The molecule has 0 unspecified atom stereocenters. The van der Waals surface area contributed by atoms with Crippen molar-refractivity contribution in [2.75, 3.05) is 0 Å². The van der Waals surface area contributed by atoms with Crippen molar-refractivity contribution >= 4 is 21.8 Å². The first-order valence-corrected chi connectivity index (χ1v) is 13.3. The molecule has 0 atom stereocenters. The third-order valence-electron chi connectivity index (χ3n) is 8.03. The number of fused-ring (bicyclic) bond motifs is 6. The lowest BCUT2D eigenvalue weighted by atomic mass is 9.98. The van der Waals surface area contributed by atoms with E-state index in [1.54, 1.807) is 0 Å². The summed E-state index contributed by atoms with van der Waals surface area (Å²) in [5, 5.41) is 2.22. The molecule has 0 radical (unpaired) electrons. The van der Waals surface area contributed by atoms with Gasteiger partial charge in [-0.05, 0) is 78.6 Å². The summed E-state index contributed by atoms with van der Waals surface area (Å²) in [5.41, 5.74) is 12.3. The molecule has 1 aliphatic heterocycles. The molecule has 5 nitrogen and oxygen atoms in total. The van der Waals surface area contributed by atoms with Gasteiger partial charge in [-0.25, -0.2) is 4.57 Å². The number of hydrogen-bond acceptors (Lipinski definition) is 2. The quantitative estimate of drug-likeness (QED) is 0.244. The fourth-order valence-electron chi connectivity index (χ4n) is 6.39. The average molecular weight is 505 g/mol. The van der Waals surface area contributed by atoms with Crippen molar-refractivity contribution in [3.05, 3.63) is 127 Å². The molecule has 0 aliphatic carbocycles. The van der Waals surface area contributed by atoms with Crippen LogP contribution in [0.1, 0.15) is 16.7 Å². The largest absolute Gasteiger partial charge is 0.309 e. The van der Waals surface area contributed by atoms with Crippen molar-refractivity contribution in [1.29, 1.82) is 0 Å². The molecule has 0 N–H and O–H groups in total. The minimum atomic E-state index is 0.927. The van der Waals surface area contributed by atoms with E-state index in [2.05, 4.69) is 123 Å². The molecule has 0 bridgehead atoms. The normalized spacial score (nSPS) is 12.3. The zero-order chi connectivity index (χ0) is 26.1. The second-order valence-electron chi connectivity index (χ2n) is 10.4. The topological polar surface area (TPSA) is 39.5 Å². The minimum absolute atomic E-state index is 0.927. The number of aromatic nitrogens is 5. The van der Waals surface area contributed by atoms with Crippen molar-refractivity contribution in [2.24, 2.45) is 0 Å². The van der Waals surface area contributed by atoms with E-state index in [4.69, 9.17) is 0 Å². The Hall–Kier alpha value is -5.03. The smallest absolute Gasteiger partial charge is 0.294 e. The van der Waals surface area contributed by atoms with Gasteiger partial charge in [0.25, 0.3) is 5.82 Å². The molecule has 39 heavy (non-hydrogen) atoms. The van der Waals surface area contributed by atoms with Crippen molar-refractivity contribution in [3.63, 3.8) is 0 Å². The molecule has 186 valence electrons. The third kappa shape index (κ3) is 3.23. The van der Waals surface area contributed by atoms with Crippen LogP contribution in [0.3, 0.4) is 0 Å². The van der Waals surface area contributed by atoms with Gasteiger partial charge in [0.1, 0.15) is 24.6 Å². The number of pyridine rings is 2. The SMILES string of the molecule is Cc1cc(-c2cccc(-n3c4ccncc4c4cnccc43)c2)cc(C)c1-n1cc[n+]2c1-c1ccccc1C2. The summed E-state index contributed by atoms with van der Waals surface area (Å²) in [6.07, 6.45) is 12.0. The van der Waals surface area contributed by atoms with Crippen molar-refractivity contribution < 1.29 is 4.57 Å². The van der Waals surface area contributed by atoms with Gasteiger partial charge in [-0.3, -0.25) is 9.97 Å². The molecule has 0 saturated carbocycles. The first kappa shape index (κ1) is 22.0. The van der Waals surface area contributed by atoms with Crippen LogP contribution >= 0.6 is 0 Å². The second kappa shape index (κ2) is 8.23. The maximum atomic E-state index is 4.37. The van der Waals surface area contributed by atoms with E-state index >= 15 is 0 Å². The molecular formula is C34H26N5+. The molecule has 0 amide bonds. The highest BCUT2D eigenvalue weighted by Gasteiger charge is 2.31. The van der Waals surface area contributed by atoms with Crippen molar-refractivity contribution in [2.45, 2.75) is 20.4 Å². The van der Waals surface area contributed by atoms with Gasteiger partial charge in [0.2, 0.25) is 0 Å². The first-order valence-electron chi connectivity index (χ1n) is 13.3. The Balaban J connectivity index is 1.26. The van der Waals surface area contributed by atoms with Crippen LogP contribution < -0.4 is 4.57 Å². The lowest BCUT2D eigenvalue weighted by Crippen LogP contribution is -2.30. The Kier molecular flexibility index (Phi) is 4.65. The fourth-order valence-corrected chi connectivity index (χ4v) is 6.39. The van der Waals surface area contributed by atoms with Crippen LogP contribution in [0.15, 0.2) is 110 Å². The number of nitrogens with zero attached hydrogens (tertiary/aromatic N) is 5. The molecule has 5 heteroatoms. The van der Waals surface area contributed by atoms with Crippen molar-refractivity contribution in [1.82, 2.24) is 19.1 Å². The van der Waals surface area contributed by atoms with E-state index in [9.17, 15) is 0 Å². The van der Waals surface area contributed by atoms with E-state index in [1.807, 2.05) is 24.8 Å². The van der Waals surface area contributed by atoms with Crippen LogP contribution in [0.4, 0.5) is 0 Å². The van der Waals surface area contributed by atoms with Gasteiger partial charge in [0.15, 0.2) is 0 Å². The number of imidazole rings is 1. The van der Waals surface area contributed by atoms with Crippen LogP contribution in [-0.2, 0) is 6.54 Å². The summed E-state index contributed by atoms with van der Waals surface area (Å²) < 4.78 is 7.01. The predicted octanol–water partition coefficient (Wildman–Crippen LogP) is 6.96. The summed E-state index contributed by atoms with van der Waals surface area (Å²) in [7, 11) is 0. The highest BCUT2D eigenvalue weighted by atomic mass is 15.2. The predicted molar refractivity (Wildman–Crippen MR) is 155 cm³/mol. The Morgan fingerprint density at radius 2 is 1.46 bits per heavy atom. The van der Waals surface area contributed by atoms with Gasteiger partial charge in [-0.2, -0.15) is 4.57 Å². The molecule has 0 fully saturated rings. The Morgan fingerprint density at radius 3 is 2.21 bits per heavy atom. The van der Waals surface area contributed by atoms with Gasteiger partial charge < -0.3 is 4.57 Å². The van der Waals surface area contributed by atoms with Crippen LogP contribution in [0.25, 0.3) is 55.7 Å². The zero-order valence-electron chi connectivity index (χ0n) is 21.8. The Morgan fingerprint density at radius 1 is 0.744 bits per heavy atom. The summed E-state index contributed by atoms with van der Waals surface area (Å²) in [6.45, 7) is 5.37. The van der Waals surface area contributed by atoms with Gasteiger partial charge in [0, 0.05) is 46.8 Å². The molecule has 0 spiro atoms. The summed E-state index contributed by atoms with van der Waals surface area (Å²) in [6, 6.07) is 26.3. The molecule has 5 heterocycles. The summed E-state index contributed by atoms with van der Waals surface area (Å²) in [4.78, 5) is 8.75. The lowest BCUT2D eigenvalue weighted by Gasteiger charge is -2.13. The molecule has 8 rings (SSSR count). The molecule has 7 aromatic rings. The van der Waals surface area contributed by atoms with Crippen LogP contribution in [0.5, 0.6) is 0 Å². The highest BCUT2D eigenvalue weighted by Crippen LogP contribution is 2.35. The highest BCUT2D eigenvalue weighted by molar-refractivity contribution is 6.08. The lowest BCUT2D eigenvalue weighted by molar-refractivity contribution is -0.671. The standard InChI is InChI=1S/C34H26N5/c1-22-16-26(17-23(2)33(22)38-15-14-37-21-25-6-3-4-9-28(25)34(37)38)24-7-5-8-27(18-24)39-31-10-12-35-19-29(31)30-20-36-13-11-32(30)39/h3-20H,21H2,1-2H3/q+1. The van der Waals surface area contributed by atoms with E-state index in [0.29, 0.717) is 0 Å². The van der Waals surface area contributed by atoms with Crippen LogP contribution in [-0.4, -0.2) is 19.1 Å². The van der Waals surface area contributed by atoms with Crippen LogP contribution in [0, 0.1) is 13.8 Å². The van der Waals surface area contributed by atoms with E-state index < -0.39 is 0 Å². The molecule has 4 aromatic heterocycles. The van der Waals surface area contributed by atoms with Gasteiger partial charge in [0.05, 0.1) is 16.6 Å². The van der Waals surface area contributed by atoms with Gasteiger partial charge >= 0.3 is 0 Å². The third-order valence-corrected chi connectivity index (χ3v) is 8.03. The van der Waals surface area contributed by atoms with Gasteiger partial charge in [-0.15, -0.1) is 0 Å². The van der Waals surface area contributed by atoms with Crippen LogP contribution in [0.2, 0.25) is 0 Å². The molecule has 0 saturated heterocycles. The number of rotatable bonds is 3.